The van der Waals surface area contributed by atoms with Gasteiger partial charge >= 0.3 is 0 Å². The molecule has 1 rings (SSSR count). The van der Waals surface area contributed by atoms with Crippen LogP contribution in [0.25, 0.3) is 0 Å². The third-order valence-electron chi connectivity index (χ3n) is 2.39. The Morgan fingerprint density at radius 1 is 1.56 bits per heavy atom. The van der Waals surface area contributed by atoms with Gasteiger partial charge in [0, 0.05) is 26.9 Å². The molecule has 0 aromatic carbocycles. The van der Waals surface area contributed by atoms with Crippen molar-refractivity contribution in [2.45, 2.75) is 6.10 Å². The van der Waals surface area contributed by atoms with E-state index in [4.69, 9.17) is 9.47 Å². The van der Waals surface area contributed by atoms with Crippen LogP contribution in [0.15, 0.2) is 18.3 Å². The number of amides is 1. The van der Waals surface area contributed by atoms with Gasteiger partial charge in [-0.05, 0) is 12.1 Å². The largest absolute Gasteiger partial charge is 0.480 e. The molecule has 6 heteroatoms. The van der Waals surface area contributed by atoms with E-state index in [1.165, 1.54) is 19.1 Å². The van der Waals surface area contributed by atoms with Crippen LogP contribution in [0.3, 0.4) is 0 Å². The molecule has 1 heterocycles. The topological polar surface area (TPSA) is 71.9 Å². The monoisotopic (exact) mass is 254 g/mol. The van der Waals surface area contributed by atoms with Crippen molar-refractivity contribution in [3.8, 4) is 5.88 Å². The minimum atomic E-state index is -0.716. The van der Waals surface area contributed by atoms with Crippen LogP contribution in [0, 0.1) is 0 Å². The minimum Gasteiger partial charge on any atom is -0.480 e. The van der Waals surface area contributed by atoms with Crippen molar-refractivity contribution in [1.29, 1.82) is 0 Å². The highest BCUT2D eigenvalue weighted by Gasteiger charge is 2.19. The smallest absolute Gasteiger partial charge is 0.259 e. The van der Waals surface area contributed by atoms with Crippen LogP contribution >= 0.6 is 0 Å². The first-order valence-electron chi connectivity index (χ1n) is 5.51. The lowest BCUT2D eigenvalue weighted by Crippen LogP contribution is -2.36. The lowest BCUT2D eigenvalue weighted by Gasteiger charge is -2.21. The maximum atomic E-state index is 12.1. The molecule has 0 fully saturated rings. The second kappa shape index (κ2) is 6.93. The summed E-state index contributed by atoms with van der Waals surface area (Å²) < 4.78 is 9.83. The molecule has 0 saturated heterocycles. The van der Waals surface area contributed by atoms with Gasteiger partial charge in [0.05, 0.1) is 19.8 Å². The molecule has 100 valence electrons. The molecule has 0 radical (unpaired) electrons. The fraction of sp³-hybridized carbons (Fsp3) is 0.500. The number of carbonyl (C=O) groups excluding carboxylic acids is 1. The fourth-order valence-electron chi connectivity index (χ4n) is 1.57. The Labute approximate surface area is 106 Å². The van der Waals surface area contributed by atoms with Gasteiger partial charge in [-0.1, -0.05) is 0 Å². The number of hydrogen-bond acceptors (Lipinski definition) is 5. The number of aromatic nitrogens is 1. The highest BCUT2D eigenvalue weighted by molar-refractivity contribution is 5.96. The van der Waals surface area contributed by atoms with Crippen LogP contribution in [0.2, 0.25) is 0 Å². The zero-order valence-electron chi connectivity index (χ0n) is 10.8. The molecule has 6 nitrogen and oxygen atoms in total. The molecule has 0 aliphatic heterocycles. The normalized spacial score (nSPS) is 12.0. The third kappa shape index (κ3) is 3.68. The van der Waals surface area contributed by atoms with Gasteiger partial charge in [-0.3, -0.25) is 4.79 Å². The first-order chi connectivity index (χ1) is 8.60. The molecule has 1 unspecified atom stereocenters. The first-order valence-corrected chi connectivity index (χ1v) is 5.51. The van der Waals surface area contributed by atoms with Crippen LogP contribution in [0.4, 0.5) is 0 Å². The summed E-state index contributed by atoms with van der Waals surface area (Å²) in [7, 11) is 4.56. The molecule has 1 N–H and O–H groups in total. The van der Waals surface area contributed by atoms with Gasteiger partial charge in [0.25, 0.3) is 5.91 Å². The van der Waals surface area contributed by atoms with Gasteiger partial charge < -0.3 is 19.5 Å². The van der Waals surface area contributed by atoms with Crippen molar-refractivity contribution in [2.75, 3.05) is 34.4 Å². The van der Waals surface area contributed by atoms with E-state index >= 15 is 0 Å². The summed E-state index contributed by atoms with van der Waals surface area (Å²) in [4.78, 5) is 17.5. The molecule has 1 aromatic rings. The molecule has 0 aliphatic carbocycles. The molecule has 0 saturated carbocycles. The van der Waals surface area contributed by atoms with Gasteiger partial charge in [-0.15, -0.1) is 0 Å². The highest BCUT2D eigenvalue weighted by Crippen LogP contribution is 2.15. The molecule has 0 aliphatic rings. The number of aliphatic hydroxyl groups excluding tert-OH is 1. The summed E-state index contributed by atoms with van der Waals surface area (Å²) in [5, 5.41) is 9.58. The number of carbonyl (C=O) groups is 1. The molecule has 1 amide bonds. The number of hydrogen-bond donors (Lipinski definition) is 1. The van der Waals surface area contributed by atoms with E-state index in [2.05, 4.69) is 4.98 Å². The zero-order chi connectivity index (χ0) is 13.5. The van der Waals surface area contributed by atoms with E-state index in [0.29, 0.717) is 5.56 Å². The number of methoxy groups -OCH3 is 2. The molecule has 1 atom stereocenters. The molecular weight excluding hydrogens is 236 g/mol. The SMILES string of the molecule is COCC(O)CN(C)C(=O)c1cccnc1OC. The summed E-state index contributed by atoms with van der Waals surface area (Å²) in [5.41, 5.74) is 0.368. The van der Waals surface area contributed by atoms with Gasteiger partial charge in [0.2, 0.25) is 5.88 Å². The third-order valence-corrected chi connectivity index (χ3v) is 2.39. The molecular formula is C12H18N2O4. The average molecular weight is 254 g/mol. The lowest BCUT2D eigenvalue weighted by molar-refractivity contribution is 0.0378. The summed E-state index contributed by atoms with van der Waals surface area (Å²) in [6.45, 7) is 0.368. The second-order valence-corrected chi connectivity index (χ2v) is 3.86. The predicted octanol–water partition coefficient (Wildman–Crippen LogP) is 0.169. The molecule has 18 heavy (non-hydrogen) atoms. The quantitative estimate of drug-likeness (QED) is 0.783. The van der Waals surface area contributed by atoms with Crippen molar-refractivity contribution in [3.05, 3.63) is 23.9 Å². The number of aliphatic hydroxyl groups is 1. The van der Waals surface area contributed by atoms with E-state index in [9.17, 15) is 9.90 Å². The number of likely N-dealkylation sites (N-methyl/N-ethyl adjacent to an activating group) is 1. The van der Waals surface area contributed by atoms with Crippen molar-refractivity contribution in [3.63, 3.8) is 0 Å². The van der Waals surface area contributed by atoms with Crippen LogP contribution < -0.4 is 4.74 Å². The minimum absolute atomic E-state index is 0.182. The fourth-order valence-corrected chi connectivity index (χ4v) is 1.57. The van der Waals surface area contributed by atoms with Gasteiger partial charge in [0.15, 0.2) is 0 Å². The van der Waals surface area contributed by atoms with Crippen LogP contribution in [-0.4, -0.2) is 61.4 Å². The number of pyridine rings is 1. The van der Waals surface area contributed by atoms with Crippen LogP contribution in [-0.2, 0) is 4.74 Å². The Bertz CT molecular complexity index is 397. The zero-order valence-corrected chi connectivity index (χ0v) is 10.8. The Balaban J connectivity index is 2.74. The maximum absolute atomic E-state index is 12.1. The van der Waals surface area contributed by atoms with E-state index in [1.807, 2.05) is 0 Å². The molecule has 0 spiro atoms. The van der Waals surface area contributed by atoms with E-state index in [1.54, 1.807) is 25.4 Å². The van der Waals surface area contributed by atoms with Crippen LogP contribution in [0.5, 0.6) is 5.88 Å². The molecule has 0 bridgehead atoms. The van der Waals surface area contributed by atoms with Crippen molar-refractivity contribution in [2.24, 2.45) is 0 Å². The van der Waals surface area contributed by atoms with Gasteiger partial charge in [0.1, 0.15) is 5.56 Å². The summed E-state index contributed by atoms with van der Waals surface area (Å²) in [6.07, 6.45) is 0.835. The highest BCUT2D eigenvalue weighted by atomic mass is 16.5. The summed E-state index contributed by atoms with van der Waals surface area (Å²) in [6, 6.07) is 3.29. The Kier molecular flexibility index (Phi) is 5.54. The molecule has 1 aromatic heterocycles. The predicted molar refractivity (Wildman–Crippen MR) is 65.6 cm³/mol. The van der Waals surface area contributed by atoms with Crippen molar-refractivity contribution >= 4 is 5.91 Å². The average Bonchev–Trinajstić information content (AvgIpc) is 2.38. The van der Waals surface area contributed by atoms with E-state index in [0.717, 1.165) is 0 Å². The number of nitrogens with zero attached hydrogens (tertiary/aromatic N) is 2. The summed E-state index contributed by atoms with van der Waals surface area (Å²) >= 11 is 0. The lowest BCUT2D eigenvalue weighted by atomic mass is 10.2. The van der Waals surface area contributed by atoms with Gasteiger partial charge in [-0.25, -0.2) is 4.98 Å². The number of rotatable bonds is 6. The standard InChI is InChI=1S/C12H18N2O4/c1-14(7-9(15)8-17-2)12(16)10-5-4-6-13-11(10)18-3/h4-6,9,15H,7-8H2,1-3H3. The van der Waals surface area contributed by atoms with Crippen LogP contribution in [0.1, 0.15) is 10.4 Å². The Hall–Kier alpha value is -1.66. The second-order valence-electron chi connectivity index (χ2n) is 3.86. The summed E-state index contributed by atoms with van der Waals surface area (Å²) in [5.74, 6) is 0.0192. The number of ether oxygens (including phenoxy) is 2. The van der Waals surface area contributed by atoms with Crippen molar-refractivity contribution < 1.29 is 19.4 Å². The Morgan fingerprint density at radius 3 is 2.89 bits per heavy atom. The van der Waals surface area contributed by atoms with E-state index < -0.39 is 6.10 Å². The van der Waals surface area contributed by atoms with Crippen molar-refractivity contribution in [1.82, 2.24) is 9.88 Å². The Morgan fingerprint density at radius 2 is 2.28 bits per heavy atom. The van der Waals surface area contributed by atoms with E-state index in [-0.39, 0.29) is 24.9 Å². The van der Waals surface area contributed by atoms with Gasteiger partial charge in [-0.2, -0.15) is 0 Å². The first kappa shape index (κ1) is 14.4. The maximum Gasteiger partial charge on any atom is 0.259 e.